The highest BCUT2D eigenvalue weighted by molar-refractivity contribution is 5.69. The number of carbonyl (C=O) groups excluding carboxylic acids is 1. The number of nitrogens with one attached hydrogen (secondary N) is 1. The lowest BCUT2D eigenvalue weighted by atomic mass is 9.82. The van der Waals surface area contributed by atoms with Crippen molar-refractivity contribution >= 4 is 6.09 Å². The molecule has 0 aliphatic heterocycles. The van der Waals surface area contributed by atoms with Crippen LogP contribution in [0.25, 0.3) is 0 Å². The van der Waals surface area contributed by atoms with E-state index in [2.05, 4.69) is 5.32 Å². The zero-order chi connectivity index (χ0) is 14.5. The molecule has 1 N–H and O–H groups in total. The quantitative estimate of drug-likeness (QED) is 0.631. The molecule has 1 amide bonds. The van der Waals surface area contributed by atoms with Gasteiger partial charge in [-0.1, -0.05) is 19.3 Å². The number of nitro groups is 1. The fraction of sp³-hybridized carbons (Fsp3) is 0.769. The molecule has 0 aromatic carbocycles. The molecule has 1 fully saturated rings. The van der Waals surface area contributed by atoms with Gasteiger partial charge in [0.15, 0.2) is 0 Å². The Labute approximate surface area is 113 Å². The Morgan fingerprint density at radius 2 is 1.89 bits per heavy atom. The molecule has 1 saturated carbocycles. The third-order valence-electron chi connectivity index (χ3n) is 3.01. The van der Waals surface area contributed by atoms with E-state index in [1.807, 2.05) is 0 Å². The maximum atomic E-state index is 11.8. The van der Waals surface area contributed by atoms with E-state index >= 15 is 0 Å². The predicted molar refractivity (Wildman–Crippen MR) is 71.3 cm³/mol. The van der Waals surface area contributed by atoms with E-state index < -0.39 is 22.2 Å². The Hall–Kier alpha value is -1.59. The lowest BCUT2D eigenvalue weighted by Gasteiger charge is -2.35. The first kappa shape index (κ1) is 15.5. The zero-order valence-corrected chi connectivity index (χ0v) is 11.8. The van der Waals surface area contributed by atoms with Crippen LogP contribution in [0.3, 0.4) is 0 Å². The average molecular weight is 270 g/mol. The Balaban J connectivity index is 2.74. The standard InChI is InChI=1S/C13H22N2O4/c1-12(2,3)19-11(16)14-13(9-10-15(17)18)7-5-4-6-8-13/h9-10H,4-8H2,1-3H3,(H,14,16)/b10-9+. The number of carbonyl (C=O) groups is 1. The highest BCUT2D eigenvalue weighted by atomic mass is 16.6. The average Bonchev–Trinajstić information content (AvgIpc) is 2.25. The van der Waals surface area contributed by atoms with Gasteiger partial charge in [-0.05, 0) is 33.6 Å². The summed E-state index contributed by atoms with van der Waals surface area (Å²) in [7, 11) is 0. The molecule has 0 saturated heterocycles. The van der Waals surface area contributed by atoms with Gasteiger partial charge in [-0.15, -0.1) is 0 Å². The maximum absolute atomic E-state index is 11.8. The molecule has 6 heteroatoms. The molecule has 19 heavy (non-hydrogen) atoms. The first-order chi connectivity index (χ1) is 8.72. The van der Waals surface area contributed by atoms with Gasteiger partial charge in [0.25, 0.3) is 0 Å². The van der Waals surface area contributed by atoms with Crippen LogP contribution in [0.2, 0.25) is 0 Å². The summed E-state index contributed by atoms with van der Waals surface area (Å²) in [6, 6.07) is 0. The Bertz CT molecular complexity index is 365. The lowest BCUT2D eigenvalue weighted by Crippen LogP contribution is -2.50. The number of ether oxygens (including phenoxy) is 1. The third kappa shape index (κ3) is 5.72. The molecule has 6 nitrogen and oxygen atoms in total. The van der Waals surface area contributed by atoms with E-state index in [0.29, 0.717) is 12.8 Å². The fourth-order valence-electron chi connectivity index (χ4n) is 2.23. The Morgan fingerprint density at radius 3 is 2.37 bits per heavy atom. The van der Waals surface area contributed by atoms with Crippen LogP contribution in [0, 0.1) is 10.1 Å². The van der Waals surface area contributed by atoms with Crippen molar-refractivity contribution in [3.05, 3.63) is 22.4 Å². The normalized spacial score (nSPS) is 19.1. The van der Waals surface area contributed by atoms with Crippen LogP contribution in [0.4, 0.5) is 4.79 Å². The fourth-order valence-corrected chi connectivity index (χ4v) is 2.23. The molecular weight excluding hydrogens is 248 g/mol. The van der Waals surface area contributed by atoms with E-state index in [-0.39, 0.29) is 0 Å². The molecule has 0 atom stereocenters. The van der Waals surface area contributed by atoms with Gasteiger partial charge in [0, 0.05) is 6.08 Å². The summed E-state index contributed by atoms with van der Waals surface area (Å²) in [6.45, 7) is 5.35. The smallest absolute Gasteiger partial charge is 0.408 e. The van der Waals surface area contributed by atoms with Crippen LogP contribution < -0.4 is 5.32 Å². The predicted octanol–water partition coefficient (Wildman–Crippen LogP) is 3.00. The number of nitrogens with zero attached hydrogens (tertiary/aromatic N) is 1. The minimum atomic E-state index is -0.645. The van der Waals surface area contributed by atoms with E-state index in [1.54, 1.807) is 20.8 Å². The van der Waals surface area contributed by atoms with Crippen LogP contribution in [0.1, 0.15) is 52.9 Å². The largest absolute Gasteiger partial charge is 0.444 e. The van der Waals surface area contributed by atoms with Crippen molar-refractivity contribution in [1.29, 1.82) is 0 Å². The van der Waals surface area contributed by atoms with E-state index in [1.165, 1.54) is 6.08 Å². The van der Waals surface area contributed by atoms with Crippen molar-refractivity contribution in [1.82, 2.24) is 5.32 Å². The molecule has 0 bridgehead atoms. The van der Waals surface area contributed by atoms with Crippen molar-refractivity contribution < 1.29 is 14.5 Å². The second kappa shape index (κ2) is 6.04. The van der Waals surface area contributed by atoms with Crippen LogP contribution in [-0.2, 0) is 4.74 Å². The summed E-state index contributed by atoms with van der Waals surface area (Å²) in [5.41, 5.74) is -1.22. The molecule has 0 unspecified atom stereocenters. The maximum Gasteiger partial charge on any atom is 0.408 e. The minimum Gasteiger partial charge on any atom is -0.444 e. The van der Waals surface area contributed by atoms with Crippen molar-refractivity contribution in [2.24, 2.45) is 0 Å². The first-order valence-electron chi connectivity index (χ1n) is 6.56. The van der Waals surface area contributed by atoms with E-state index in [4.69, 9.17) is 4.74 Å². The summed E-state index contributed by atoms with van der Waals surface area (Å²) < 4.78 is 5.22. The molecule has 0 aromatic rings. The van der Waals surface area contributed by atoms with Gasteiger partial charge >= 0.3 is 6.09 Å². The summed E-state index contributed by atoms with van der Waals surface area (Å²) in [5.74, 6) is 0. The van der Waals surface area contributed by atoms with Crippen LogP contribution in [0.5, 0.6) is 0 Å². The van der Waals surface area contributed by atoms with Gasteiger partial charge < -0.3 is 10.1 Å². The topological polar surface area (TPSA) is 81.5 Å². The molecule has 1 aliphatic rings. The molecule has 0 aromatic heterocycles. The summed E-state index contributed by atoms with van der Waals surface area (Å²) >= 11 is 0. The lowest BCUT2D eigenvalue weighted by molar-refractivity contribution is -0.403. The SMILES string of the molecule is CC(C)(C)OC(=O)NC1(/C=C/[N+](=O)[O-])CCCCC1. The van der Waals surface area contributed by atoms with E-state index in [0.717, 1.165) is 25.5 Å². The van der Waals surface area contributed by atoms with Gasteiger partial charge in [0.1, 0.15) is 5.60 Å². The summed E-state index contributed by atoms with van der Waals surface area (Å²) in [6.07, 6.45) is 6.24. The first-order valence-corrected chi connectivity index (χ1v) is 6.56. The molecule has 1 rings (SSSR count). The number of hydrogen-bond donors (Lipinski definition) is 1. The minimum absolute atomic E-state index is 0.507. The number of hydrogen-bond acceptors (Lipinski definition) is 4. The summed E-state index contributed by atoms with van der Waals surface area (Å²) in [5, 5.41) is 13.3. The molecule has 1 aliphatic carbocycles. The number of rotatable bonds is 3. The van der Waals surface area contributed by atoms with Gasteiger partial charge in [-0.2, -0.15) is 0 Å². The zero-order valence-electron chi connectivity index (χ0n) is 11.8. The van der Waals surface area contributed by atoms with Crippen LogP contribution in [-0.4, -0.2) is 22.2 Å². The van der Waals surface area contributed by atoms with Gasteiger partial charge in [0.2, 0.25) is 6.20 Å². The summed E-state index contributed by atoms with van der Waals surface area (Å²) in [4.78, 5) is 21.8. The van der Waals surface area contributed by atoms with Crippen LogP contribution in [0.15, 0.2) is 12.3 Å². The van der Waals surface area contributed by atoms with Crippen molar-refractivity contribution in [3.8, 4) is 0 Å². The third-order valence-corrected chi connectivity index (χ3v) is 3.01. The van der Waals surface area contributed by atoms with Crippen LogP contribution >= 0.6 is 0 Å². The molecule has 0 spiro atoms. The number of alkyl carbamates (subject to hydrolysis) is 1. The highest BCUT2D eigenvalue weighted by Crippen LogP contribution is 2.29. The Morgan fingerprint density at radius 1 is 1.32 bits per heavy atom. The van der Waals surface area contributed by atoms with Crippen molar-refractivity contribution in [2.45, 2.75) is 64.0 Å². The van der Waals surface area contributed by atoms with E-state index in [9.17, 15) is 14.9 Å². The van der Waals surface area contributed by atoms with Gasteiger partial charge in [-0.3, -0.25) is 10.1 Å². The molecule has 108 valence electrons. The van der Waals surface area contributed by atoms with Gasteiger partial charge in [0.05, 0.1) is 10.5 Å². The Kier molecular flexibility index (Phi) is 4.91. The highest BCUT2D eigenvalue weighted by Gasteiger charge is 2.33. The van der Waals surface area contributed by atoms with Crippen molar-refractivity contribution in [3.63, 3.8) is 0 Å². The molecular formula is C13H22N2O4. The van der Waals surface area contributed by atoms with Gasteiger partial charge in [-0.25, -0.2) is 4.79 Å². The second-order valence-corrected chi connectivity index (χ2v) is 5.94. The number of amides is 1. The monoisotopic (exact) mass is 270 g/mol. The molecule has 0 radical (unpaired) electrons. The van der Waals surface area contributed by atoms with Crippen molar-refractivity contribution in [2.75, 3.05) is 0 Å². The molecule has 0 heterocycles. The second-order valence-electron chi connectivity index (χ2n) is 5.94.